The third-order valence-corrected chi connectivity index (χ3v) is 3.35. The third kappa shape index (κ3) is 3.31. The Morgan fingerprint density at radius 3 is 1.90 bits per heavy atom. The molecule has 4 N–H and O–H groups in total. The second-order valence-electron chi connectivity index (χ2n) is 3.83. The van der Waals surface area contributed by atoms with Crippen LogP contribution in [0.4, 0.5) is 0 Å². The first kappa shape index (κ1) is 14.0. The lowest BCUT2D eigenvalue weighted by Crippen LogP contribution is -2.11. The zero-order chi connectivity index (χ0) is 14.6. The third-order valence-electron chi connectivity index (χ3n) is 2.39. The van der Waals surface area contributed by atoms with Gasteiger partial charge in [0.2, 0.25) is 10.0 Å². The van der Waals surface area contributed by atoms with Gasteiger partial charge in [-0.3, -0.25) is 0 Å². The maximum Gasteiger partial charge on any atom is 0.241 e. The number of H-pyrrole nitrogens is 1. The topological polar surface area (TPSA) is 122 Å². The number of phenolic OH excluding ortho intramolecular Hbond substituents is 1. The van der Waals surface area contributed by atoms with Crippen LogP contribution in [0.2, 0.25) is 0 Å². The van der Waals surface area contributed by atoms with Crippen LogP contribution in [0.5, 0.6) is 5.75 Å². The van der Waals surface area contributed by atoms with Crippen LogP contribution in [0, 0.1) is 0 Å². The number of benzene rings is 2. The van der Waals surface area contributed by atoms with Gasteiger partial charge in [-0.25, -0.2) is 13.6 Å². The number of hydrogen-bond donors (Lipinski definition) is 3. The molecule has 0 saturated heterocycles. The molecule has 20 heavy (non-hydrogen) atoms. The van der Waals surface area contributed by atoms with Crippen LogP contribution in [-0.4, -0.2) is 28.9 Å². The van der Waals surface area contributed by atoms with E-state index in [1.165, 1.54) is 24.3 Å². The minimum absolute atomic E-state index is 0.250. The Bertz CT molecular complexity index is 784. The highest BCUT2D eigenvalue weighted by Crippen LogP contribution is 2.19. The van der Waals surface area contributed by atoms with E-state index in [1.54, 1.807) is 0 Å². The van der Waals surface area contributed by atoms with Crippen LogP contribution < -0.4 is 5.14 Å². The number of nitrogens with zero attached hydrogens (tertiary/aromatic N) is 2. The molecule has 1 aromatic heterocycles. The van der Waals surface area contributed by atoms with Crippen molar-refractivity contribution in [1.29, 1.82) is 0 Å². The maximum atomic E-state index is 10.7. The number of fused-ring (bicyclic) bond motifs is 1. The van der Waals surface area contributed by atoms with Gasteiger partial charge in [0.25, 0.3) is 0 Å². The van der Waals surface area contributed by atoms with Gasteiger partial charge in [0.05, 0.1) is 0 Å². The molecule has 0 aliphatic rings. The monoisotopic (exact) mass is 292 g/mol. The zero-order valence-corrected chi connectivity index (χ0v) is 11.1. The number of para-hydroxylation sites is 3. The second kappa shape index (κ2) is 5.68. The molecule has 0 spiro atoms. The van der Waals surface area contributed by atoms with Crippen LogP contribution in [0.1, 0.15) is 0 Å². The number of aromatic amines is 1. The number of aromatic nitrogens is 3. The van der Waals surface area contributed by atoms with E-state index in [2.05, 4.69) is 15.4 Å². The van der Waals surface area contributed by atoms with E-state index in [0.717, 1.165) is 11.0 Å². The van der Waals surface area contributed by atoms with Gasteiger partial charge in [-0.15, -0.1) is 0 Å². The molecule has 0 radical (unpaired) electrons. The molecule has 0 amide bonds. The number of hydrogen-bond acceptors (Lipinski definition) is 5. The van der Waals surface area contributed by atoms with Crippen molar-refractivity contribution < 1.29 is 13.5 Å². The van der Waals surface area contributed by atoms with E-state index < -0.39 is 10.0 Å². The average molecular weight is 292 g/mol. The van der Waals surface area contributed by atoms with E-state index in [1.807, 2.05) is 24.3 Å². The largest absolute Gasteiger partial charge is 0.507 e. The van der Waals surface area contributed by atoms with E-state index >= 15 is 0 Å². The smallest absolute Gasteiger partial charge is 0.241 e. The molecule has 0 aliphatic heterocycles. The number of rotatable bonds is 1. The summed E-state index contributed by atoms with van der Waals surface area (Å²) in [6.45, 7) is 0. The minimum Gasteiger partial charge on any atom is -0.507 e. The average Bonchev–Trinajstić information content (AvgIpc) is 2.87. The van der Waals surface area contributed by atoms with Crippen LogP contribution >= 0.6 is 0 Å². The quantitative estimate of drug-likeness (QED) is 0.617. The molecule has 8 heteroatoms. The predicted molar refractivity (Wildman–Crippen MR) is 73.4 cm³/mol. The fourth-order valence-electron chi connectivity index (χ4n) is 1.48. The summed E-state index contributed by atoms with van der Waals surface area (Å²) in [4.78, 5) is -0.250. The molecule has 0 bridgehead atoms. The summed E-state index contributed by atoms with van der Waals surface area (Å²) >= 11 is 0. The van der Waals surface area contributed by atoms with Crippen molar-refractivity contribution in [3.8, 4) is 5.75 Å². The normalized spacial score (nSPS) is 10.8. The lowest BCUT2D eigenvalue weighted by atomic mass is 10.3. The number of phenols is 1. The number of nitrogens with two attached hydrogens (primary N) is 1. The Morgan fingerprint density at radius 1 is 0.950 bits per heavy atom. The number of aromatic hydroxyl groups is 1. The van der Waals surface area contributed by atoms with Crippen molar-refractivity contribution in [3.63, 3.8) is 0 Å². The maximum absolute atomic E-state index is 10.7. The van der Waals surface area contributed by atoms with Crippen LogP contribution in [-0.2, 0) is 10.0 Å². The van der Waals surface area contributed by atoms with Crippen molar-refractivity contribution in [2.24, 2.45) is 5.14 Å². The molecule has 0 fully saturated rings. The van der Waals surface area contributed by atoms with E-state index in [4.69, 9.17) is 10.2 Å². The van der Waals surface area contributed by atoms with E-state index in [9.17, 15) is 8.42 Å². The highest BCUT2D eigenvalue weighted by Gasteiger charge is 2.11. The SMILES string of the molecule is NS(=O)(=O)c1ccccc1O.c1ccc2n[nH]nc2c1. The molecule has 7 nitrogen and oxygen atoms in total. The van der Waals surface area contributed by atoms with E-state index in [-0.39, 0.29) is 10.6 Å². The van der Waals surface area contributed by atoms with Crippen LogP contribution in [0.3, 0.4) is 0 Å². The van der Waals surface area contributed by atoms with Gasteiger partial charge < -0.3 is 5.11 Å². The Balaban J connectivity index is 0.000000149. The fraction of sp³-hybridized carbons (Fsp3) is 0. The first-order chi connectivity index (χ1) is 9.48. The summed E-state index contributed by atoms with van der Waals surface area (Å²) in [7, 11) is -3.78. The predicted octanol–water partition coefficient (Wildman–Crippen LogP) is 0.998. The molecule has 0 atom stereocenters. The zero-order valence-electron chi connectivity index (χ0n) is 10.3. The summed E-state index contributed by atoms with van der Waals surface area (Å²) in [6.07, 6.45) is 0. The van der Waals surface area contributed by atoms with E-state index in [0.29, 0.717) is 0 Å². The second-order valence-corrected chi connectivity index (χ2v) is 5.35. The van der Waals surface area contributed by atoms with Gasteiger partial charge in [-0.1, -0.05) is 24.3 Å². The molecule has 104 valence electrons. The van der Waals surface area contributed by atoms with Gasteiger partial charge in [-0.2, -0.15) is 15.4 Å². The standard InChI is InChI=1S/C6H5N3.C6H7NO3S/c1-2-4-6-5(3-1)7-9-8-6;7-11(9,10)6-4-2-1-3-5(6)8/h1-4H,(H,7,8,9);1-4,8H,(H2,7,9,10). The minimum atomic E-state index is -3.78. The molecule has 3 aromatic rings. The van der Waals surface area contributed by atoms with Gasteiger partial charge in [0.15, 0.2) is 0 Å². The van der Waals surface area contributed by atoms with Crippen molar-refractivity contribution in [1.82, 2.24) is 15.4 Å². The number of sulfonamides is 1. The van der Waals surface area contributed by atoms with Crippen LogP contribution in [0.15, 0.2) is 53.4 Å². The Hall–Kier alpha value is -2.45. The van der Waals surface area contributed by atoms with Crippen LogP contribution in [0.25, 0.3) is 11.0 Å². The van der Waals surface area contributed by atoms with Crippen molar-refractivity contribution in [3.05, 3.63) is 48.5 Å². The summed E-state index contributed by atoms with van der Waals surface area (Å²) in [5, 5.41) is 24.1. The van der Waals surface area contributed by atoms with Gasteiger partial charge in [0.1, 0.15) is 21.7 Å². The van der Waals surface area contributed by atoms with Gasteiger partial charge in [-0.05, 0) is 24.3 Å². The summed E-state index contributed by atoms with van der Waals surface area (Å²) in [5.41, 5.74) is 1.83. The Kier molecular flexibility index (Phi) is 3.97. The highest BCUT2D eigenvalue weighted by atomic mass is 32.2. The fourth-order valence-corrected chi connectivity index (χ4v) is 2.11. The molecule has 0 saturated carbocycles. The summed E-state index contributed by atoms with van der Waals surface area (Å²) in [6, 6.07) is 13.2. The summed E-state index contributed by atoms with van der Waals surface area (Å²) < 4.78 is 21.3. The summed E-state index contributed by atoms with van der Waals surface area (Å²) in [5.74, 6) is -0.324. The first-order valence-corrected chi connectivity index (χ1v) is 7.09. The molecule has 3 rings (SSSR count). The Morgan fingerprint density at radius 2 is 1.45 bits per heavy atom. The van der Waals surface area contributed by atoms with Crippen molar-refractivity contribution in [2.45, 2.75) is 4.90 Å². The van der Waals surface area contributed by atoms with Gasteiger partial charge in [0, 0.05) is 0 Å². The molecular weight excluding hydrogens is 280 g/mol. The van der Waals surface area contributed by atoms with Gasteiger partial charge >= 0.3 is 0 Å². The molecule has 0 aliphatic carbocycles. The molecule has 1 heterocycles. The molecule has 0 unspecified atom stereocenters. The number of primary sulfonamides is 1. The number of nitrogens with one attached hydrogen (secondary N) is 1. The lowest BCUT2D eigenvalue weighted by Gasteiger charge is -1.98. The highest BCUT2D eigenvalue weighted by molar-refractivity contribution is 7.89. The molecule has 2 aromatic carbocycles. The van der Waals surface area contributed by atoms with Crippen molar-refractivity contribution in [2.75, 3.05) is 0 Å². The lowest BCUT2D eigenvalue weighted by molar-refractivity contribution is 0.459. The first-order valence-electron chi connectivity index (χ1n) is 5.55. The van der Waals surface area contributed by atoms with Crippen molar-refractivity contribution >= 4 is 21.1 Å². The Labute approximate surface area is 115 Å². The molecular formula is C12H12N4O3S.